The highest BCUT2D eigenvalue weighted by Gasteiger charge is 2.15. The van der Waals surface area contributed by atoms with Crippen LogP contribution in [-0.4, -0.2) is 18.6 Å². The molecule has 2 rings (SSSR count). The van der Waals surface area contributed by atoms with Crippen molar-refractivity contribution in [1.29, 1.82) is 0 Å². The summed E-state index contributed by atoms with van der Waals surface area (Å²) in [5.41, 5.74) is 3.30. The number of hydrogen-bond acceptors (Lipinski definition) is 3. The van der Waals surface area contributed by atoms with Crippen LogP contribution < -0.4 is 14.8 Å². The molecule has 1 amide bonds. The Bertz CT molecular complexity index is 697. The topological polar surface area (TPSA) is 47.6 Å². The zero-order chi connectivity index (χ0) is 17.5. The quantitative estimate of drug-likeness (QED) is 0.842. The zero-order valence-electron chi connectivity index (χ0n) is 14.8. The minimum absolute atomic E-state index is 0.153. The molecular formula is C20H25NO3. The van der Waals surface area contributed by atoms with Crippen molar-refractivity contribution in [3.05, 3.63) is 59.2 Å². The molecule has 0 aliphatic carbocycles. The number of carbonyl (C=O) groups is 1. The van der Waals surface area contributed by atoms with E-state index in [9.17, 15) is 4.79 Å². The van der Waals surface area contributed by atoms with Gasteiger partial charge in [-0.25, -0.2) is 0 Å². The van der Waals surface area contributed by atoms with Crippen molar-refractivity contribution in [3.63, 3.8) is 0 Å². The molecule has 0 bridgehead atoms. The highest BCUT2D eigenvalue weighted by atomic mass is 16.5. The van der Waals surface area contributed by atoms with Crippen molar-refractivity contribution >= 4 is 5.91 Å². The molecule has 0 aromatic heterocycles. The van der Waals surface area contributed by atoms with Gasteiger partial charge in [-0.2, -0.15) is 0 Å². The molecule has 24 heavy (non-hydrogen) atoms. The van der Waals surface area contributed by atoms with Crippen LogP contribution in [0.1, 0.15) is 30.5 Å². The van der Waals surface area contributed by atoms with Crippen LogP contribution >= 0.6 is 0 Å². The van der Waals surface area contributed by atoms with Crippen LogP contribution in [0.15, 0.2) is 42.5 Å². The van der Waals surface area contributed by atoms with E-state index in [0.717, 1.165) is 16.9 Å². The van der Waals surface area contributed by atoms with E-state index in [4.69, 9.17) is 9.47 Å². The van der Waals surface area contributed by atoms with Crippen LogP contribution in [0.5, 0.6) is 11.5 Å². The summed E-state index contributed by atoms with van der Waals surface area (Å²) in [6.45, 7) is 8.77. The van der Waals surface area contributed by atoms with Gasteiger partial charge in [0, 0.05) is 12.1 Å². The van der Waals surface area contributed by atoms with Gasteiger partial charge in [0.2, 0.25) is 0 Å². The van der Waals surface area contributed by atoms with Crippen molar-refractivity contribution in [1.82, 2.24) is 5.32 Å². The zero-order valence-corrected chi connectivity index (χ0v) is 14.8. The maximum absolute atomic E-state index is 12.3. The van der Waals surface area contributed by atoms with Gasteiger partial charge in [-0.05, 0) is 57.0 Å². The van der Waals surface area contributed by atoms with Crippen LogP contribution in [0.4, 0.5) is 0 Å². The van der Waals surface area contributed by atoms with Crippen LogP contribution in [-0.2, 0) is 11.3 Å². The second-order valence-electron chi connectivity index (χ2n) is 5.76. The molecule has 128 valence electrons. The fraction of sp³-hybridized carbons (Fsp3) is 0.350. The number of benzene rings is 2. The fourth-order valence-corrected chi connectivity index (χ4v) is 2.32. The molecule has 1 atom stereocenters. The Kier molecular flexibility index (Phi) is 6.24. The van der Waals surface area contributed by atoms with E-state index in [-0.39, 0.29) is 5.91 Å². The Morgan fingerprint density at radius 3 is 2.58 bits per heavy atom. The van der Waals surface area contributed by atoms with Crippen molar-refractivity contribution < 1.29 is 14.3 Å². The Balaban J connectivity index is 1.93. The maximum atomic E-state index is 12.3. The lowest BCUT2D eigenvalue weighted by molar-refractivity contribution is -0.127. The second kappa shape index (κ2) is 8.39. The van der Waals surface area contributed by atoms with E-state index in [1.165, 1.54) is 5.56 Å². The third-order valence-electron chi connectivity index (χ3n) is 3.89. The molecule has 1 N–H and O–H groups in total. The molecule has 0 aliphatic rings. The lowest BCUT2D eigenvalue weighted by Gasteiger charge is -2.16. The first-order valence-corrected chi connectivity index (χ1v) is 8.23. The summed E-state index contributed by atoms with van der Waals surface area (Å²) >= 11 is 0. The van der Waals surface area contributed by atoms with Gasteiger partial charge in [0.05, 0.1) is 6.61 Å². The molecule has 0 saturated carbocycles. The summed E-state index contributed by atoms with van der Waals surface area (Å²) in [7, 11) is 0. The normalized spacial score (nSPS) is 11.7. The number of para-hydroxylation sites is 1. The molecule has 2 aromatic carbocycles. The van der Waals surface area contributed by atoms with E-state index in [2.05, 4.69) is 5.32 Å². The molecule has 2 aromatic rings. The molecule has 4 heteroatoms. The second-order valence-corrected chi connectivity index (χ2v) is 5.76. The standard InChI is InChI=1S/C20H25NO3/c1-5-23-19-9-7-6-8-17(19)13-21-20(22)16(4)24-18-11-10-14(2)15(3)12-18/h6-12,16H,5,13H2,1-4H3,(H,21,22). The number of aryl methyl sites for hydroxylation is 2. The van der Waals surface area contributed by atoms with Crippen LogP contribution in [0.2, 0.25) is 0 Å². The highest BCUT2D eigenvalue weighted by Crippen LogP contribution is 2.19. The largest absolute Gasteiger partial charge is 0.494 e. The average molecular weight is 327 g/mol. The summed E-state index contributed by atoms with van der Waals surface area (Å²) in [4.78, 5) is 12.3. The van der Waals surface area contributed by atoms with Crippen molar-refractivity contribution in [2.75, 3.05) is 6.61 Å². The van der Waals surface area contributed by atoms with Gasteiger partial charge < -0.3 is 14.8 Å². The van der Waals surface area contributed by atoms with E-state index in [0.29, 0.717) is 18.9 Å². The molecular weight excluding hydrogens is 302 g/mol. The lowest BCUT2D eigenvalue weighted by Crippen LogP contribution is -2.36. The van der Waals surface area contributed by atoms with Gasteiger partial charge in [-0.1, -0.05) is 24.3 Å². The maximum Gasteiger partial charge on any atom is 0.261 e. The first-order valence-electron chi connectivity index (χ1n) is 8.23. The molecule has 4 nitrogen and oxygen atoms in total. The predicted molar refractivity (Wildman–Crippen MR) is 95.5 cm³/mol. The minimum atomic E-state index is -0.564. The summed E-state index contributed by atoms with van der Waals surface area (Å²) < 4.78 is 11.3. The monoisotopic (exact) mass is 327 g/mol. The van der Waals surface area contributed by atoms with E-state index in [1.54, 1.807) is 6.92 Å². The highest BCUT2D eigenvalue weighted by molar-refractivity contribution is 5.80. The first-order chi connectivity index (χ1) is 11.5. The third-order valence-corrected chi connectivity index (χ3v) is 3.89. The number of amides is 1. The lowest BCUT2D eigenvalue weighted by atomic mass is 10.1. The SMILES string of the molecule is CCOc1ccccc1CNC(=O)C(C)Oc1ccc(C)c(C)c1. The van der Waals surface area contributed by atoms with Crippen LogP contribution in [0.25, 0.3) is 0 Å². The van der Waals surface area contributed by atoms with E-state index < -0.39 is 6.10 Å². The molecule has 0 heterocycles. The number of hydrogen-bond donors (Lipinski definition) is 1. The van der Waals surface area contributed by atoms with Gasteiger partial charge in [-0.15, -0.1) is 0 Å². The van der Waals surface area contributed by atoms with Gasteiger partial charge in [0.25, 0.3) is 5.91 Å². The van der Waals surface area contributed by atoms with Crippen molar-refractivity contribution in [2.45, 2.75) is 40.3 Å². The molecule has 0 spiro atoms. The number of ether oxygens (including phenoxy) is 2. The molecule has 0 saturated heterocycles. The number of nitrogens with one attached hydrogen (secondary N) is 1. The summed E-state index contributed by atoms with van der Waals surface area (Å²) in [6, 6.07) is 13.5. The average Bonchev–Trinajstić information content (AvgIpc) is 2.57. The van der Waals surface area contributed by atoms with Gasteiger partial charge in [0.1, 0.15) is 11.5 Å². The molecule has 0 fully saturated rings. The number of carbonyl (C=O) groups excluding carboxylic acids is 1. The van der Waals surface area contributed by atoms with E-state index in [1.807, 2.05) is 63.2 Å². The Morgan fingerprint density at radius 2 is 1.88 bits per heavy atom. The molecule has 0 radical (unpaired) electrons. The number of rotatable bonds is 7. The Hall–Kier alpha value is -2.49. The summed E-state index contributed by atoms with van der Waals surface area (Å²) in [5.74, 6) is 1.35. The minimum Gasteiger partial charge on any atom is -0.494 e. The Morgan fingerprint density at radius 1 is 1.12 bits per heavy atom. The van der Waals surface area contributed by atoms with Crippen LogP contribution in [0.3, 0.4) is 0 Å². The van der Waals surface area contributed by atoms with E-state index >= 15 is 0 Å². The molecule has 0 aliphatic heterocycles. The smallest absolute Gasteiger partial charge is 0.261 e. The Labute approximate surface area is 143 Å². The van der Waals surface area contributed by atoms with Crippen molar-refractivity contribution in [2.24, 2.45) is 0 Å². The molecule has 1 unspecified atom stereocenters. The predicted octanol–water partition coefficient (Wildman–Crippen LogP) is 3.79. The third kappa shape index (κ3) is 4.75. The summed E-state index contributed by atoms with van der Waals surface area (Å²) in [5, 5.41) is 2.90. The van der Waals surface area contributed by atoms with Gasteiger partial charge in [-0.3, -0.25) is 4.79 Å². The van der Waals surface area contributed by atoms with Gasteiger partial charge in [0.15, 0.2) is 6.10 Å². The summed E-state index contributed by atoms with van der Waals surface area (Å²) in [6.07, 6.45) is -0.564. The van der Waals surface area contributed by atoms with Gasteiger partial charge >= 0.3 is 0 Å². The van der Waals surface area contributed by atoms with Crippen LogP contribution in [0, 0.1) is 13.8 Å². The first kappa shape index (κ1) is 17.9. The van der Waals surface area contributed by atoms with Crippen molar-refractivity contribution in [3.8, 4) is 11.5 Å². The fourth-order valence-electron chi connectivity index (χ4n) is 2.32.